The fourth-order valence-electron chi connectivity index (χ4n) is 3.70. The van der Waals surface area contributed by atoms with Crippen molar-refractivity contribution in [1.29, 1.82) is 0 Å². The molecule has 3 rings (SSSR count). The molecule has 1 heterocycles. The minimum Gasteiger partial charge on any atom is -0.375 e. The van der Waals surface area contributed by atoms with E-state index in [9.17, 15) is 4.79 Å². The quantitative estimate of drug-likeness (QED) is 0.484. The molecule has 1 saturated heterocycles. The minimum absolute atomic E-state index is 0.0269. The van der Waals surface area contributed by atoms with Crippen molar-refractivity contribution in [2.75, 3.05) is 6.61 Å². The highest BCUT2D eigenvalue weighted by Gasteiger charge is 2.41. The summed E-state index contributed by atoms with van der Waals surface area (Å²) in [5, 5.41) is 0.637. The predicted molar refractivity (Wildman–Crippen MR) is 93.0 cm³/mol. The van der Waals surface area contributed by atoms with Crippen LogP contribution in [0.25, 0.3) is 0 Å². The molecule has 114 valence electrons. The Bertz CT molecular complexity index is 532. The number of benzene rings is 1. The Balaban J connectivity index is 1.79. The molecule has 0 amide bonds. The molecule has 2 nitrogen and oxygen atoms in total. The van der Waals surface area contributed by atoms with Gasteiger partial charge >= 0.3 is 0 Å². The largest absolute Gasteiger partial charge is 0.375 e. The van der Waals surface area contributed by atoms with E-state index >= 15 is 0 Å². The third-order valence-corrected chi connectivity index (χ3v) is 6.00. The van der Waals surface area contributed by atoms with Crippen LogP contribution in [-0.4, -0.2) is 18.0 Å². The van der Waals surface area contributed by atoms with E-state index in [2.05, 4.69) is 22.6 Å². The van der Waals surface area contributed by atoms with Gasteiger partial charge in [-0.2, -0.15) is 0 Å². The molecule has 1 unspecified atom stereocenters. The number of halogens is 2. The Kier molecular flexibility index (Phi) is 4.91. The summed E-state index contributed by atoms with van der Waals surface area (Å²) in [6.45, 7) is 0.716. The molecular weight excluding hydrogens is 399 g/mol. The van der Waals surface area contributed by atoms with Crippen LogP contribution in [-0.2, 0) is 4.74 Å². The first-order valence-electron chi connectivity index (χ1n) is 7.73. The molecule has 1 aliphatic carbocycles. The van der Waals surface area contributed by atoms with Crippen LogP contribution in [0.3, 0.4) is 0 Å². The first kappa shape index (κ1) is 15.8. The highest BCUT2D eigenvalue weighted by molar-refractivity contribution is 14.1. The fourth-order valence-corrected chi connectivity index (χ4v) is 4.48. The molecule has 0 aromatic heterocycles. The molecule has 21 heavy (non-hydrogen) atoms. The summed E-state index contributed by atoms with van der Waals surface area (Å²) in [6, 6.07) is 5.58. The topological polar surface area (TPSA) is 26.3 Å². The lowest BCUT2D eigenvalue weighted by Gasteiger charge is -2.43. The van der Waals surface area contributed by atoms with Crippen LogP contribution in [0.5, 0.6) is 0 Å². The van der Waals surface area contributed by atoms with Crippen molar-refractivity contribution in [1.82, 2.24) is 0 Å². The average Bonchev–Trinajstić information content (AvgIpc) is 2.50. The number of ketones is 1. The Hall–Kier alpha value is -0.130. The maximum atomic E-state index is 12.9. The molecule has 2 aliphatic rings. The molecule has 1 spiro atoms. The molecule has 0 bridgehead atoms. The van der Waals surface area contributed by atoms with Gasteiger partial charge in [-0.15, -0.1) is 0 Å². The second-order valence-corrected chi connectivity index (χ2v) is 7.87. The smallest absolute Gasteiger partial charge is 0.167 e. The van der Waals surface area contributed by atoms with Crippen LogP contribution in [0, 0.1) is 9.49 Å². The summed E-state index contributed by atoms with van der Waals surface area (Å²) < 4.78 is 7.09. The number of hydrogen-bond acceptors (Lipinski definition) is 2. The van der Waals surface area contributed by atoms with Crippen LogP contribution in [0.4, 0.5) is 0 Å². The van der Waals surface area contributed by atoms with Crippen LogP contribution in [0.1, 0.15) is 55.3 Å². The number of hydrogen-bond donors (Lipinski definition) is 0. The fraction of sp³-hybridized carbons (Fsp3) is 0.588. The van der Waals surface area contributed by atoms with Crippen molar-refractivity contribution >= 4 is 40.0 Å². The summed E-state index contributed by atoms with van der Waals surface area (Å²) in [7, 11) is 0. The summed E-state index contributed by atoms with van der Waals surface area (Å²) in [5.41, 5.74) is 0.752. The Morgan fingerprint density at radius 1 is 1.29 bits per heavy atom. The maximum Gasteiger partial charge on any atom is 0.167 e. The van der Waals surface area contributed by atoms with Gasteiger partial charge in [-0.3, -0.25) is 4.79 Å². The van der Waals surface area contributed by atoms with E-state index in [0.717, 1.165) is 34.8 Å². The monoisotopic (exact) mass is 418 g/mol. The lowest BCUT2D eigenvalue weighted by atomic mass is 9.74. The molecule has 2 fully saturated rings. The number of rotatable bonds is 2. The second kappa shape index (κ2) is 6.55. The summed E-state index contributed by atoms with van der Waals surface area (Å²) in [6.07, 6.45) is 7.71. The van der Waals surface area contributed by atoms with Crippen LogP contribution < -0.4 is 0 Å². The van der Waals surface area contributed by atoms with Gasteiger partial charge in [0.25, 0.3) is 0 Å². The van der Waals surface area contributed by atoms with Gasteiger partial charge in [-0.1, -0.05) is 30.9 Å². The third kappa shape index (κ3) is 3.45. The van der Waals surface area contributed by atoms with Gasteiger partial charge in [-0.25, -0.2) is 0 Å². The number of carbonyl (C=O) groups is 1. The zero-order chi connectivity index (χ0) is 14.9. The van der Waals surface area contributed by atoms with E-state index in [0.29, 0.717) is 11.6 Å². The van der Waals surface area contributed by atoms with E-state index in [1.807, 2.05) is 18.2 Å². The van der Waals surface area contributed by atoms with E-state index in [1.54, 1.807) is 0 Å². The van der Waals surface area contributed by atoms with Gasteiger partial charge in [0.05, 0.1) is 5.60 Å². The second-order valence-electron chi connectivity index (χ2n) is 6.27. The zero-order valence-corrected chi connectivity index (χ0v) is 15.0. The van der Waals surface area contributed by atoms with E-state index in [4.69, 9.17) is 16.3 Å². The van der Waals surface area contributed by atoms with Gasteiger partial charge in [0.2, 0.25) is 0 Å². The zero-order valence-electron chi connectivity index (χ0n) is 12.0. The highest BCUT2D eigenvalue weighted by atomic mass is 127. The van der Waals surface area contributed by atoms with Crippen molar-refractivity contribution < 1.29 is 9.53 Å². The molecule has 4 heteroatoms. The van der Waals surface area contributed by atoms with E-state index in [-0.39, 0.29) is 17.3 Å². The Morgan fingerprint density at radius 3 is 2.81 bits per heavy atom. The third-order valence-electron chi connectivity index (χ3n) is 4.82. The van der Waals surface area contributed by atoms with Crippen molar-refractivity contribution in [3.63, 3.8) is 0 Å². The first-order valence-corrected chi connectivity index (χ1v) is 9.19. The Labute approximate surface area is 144 Å². The molecule has 1 aromatic rings. The number of Topliss-reactive ketones (excluding diaryl/α,β-unsaturated/α-hetero) is 1. The van der Waals surface area contributed by atoms with Crippen molar-refractivity contribution in [2.45, 2.75) is 50.5 Å². The molecule has 0 N–H and O–H groups in total. The van der Waals surface area contributed by atoms with Crippen LogP contribution in [0.2, 0.25) is 5.02 Å². The average molecular weight is 419 g/mol. The molecule has 1 aromatic carbocycles. The van der Waals surface area contributed by atoms with Gasteiger partial charge in [-0.05, 0) is 66.5 Å². The SMILES string of the molecule is O=C(c1cc(Cl)ccc1I)C1CCOC2(CCCCC2)C1. The lowest BCUT2D eigenvalue weighted by Crippen LogP contribution is -2.43. The lowest BCUT2D eigenvalue weighted by molar-refractivity contribution is -0.111. The van der Waals surface area contributed by atoms with Crippen molar-refractivity contribution in [2.24, 2.45) is 5.92 Å². The highest BCUT2D eigenvalue weighted by Crippen LogP contribution is 2.41. The standard InChI is InChI=1S/C17H20ClIO2/c18-13-4-5-15(19)14(10-13)16(20)12-6-9-21-17(11-12)7-2-1-3-8-17/h4-5,10,12H,1-3,6-9,11H2. The normalized spacial score (nSPS) is 25.0. The molecule has 1 saturated carbocycles. The Morgan fingerprint density at radius 2 is 2.05 bits per heavy atom. The molecular formula is C17H20ClIO2. The molecule has 1 atom stereocenters. The van der Waals surface area contributed by atoms with Crippen LogP contribution in [0.15, 0.2) is 18.2 Å². The summed E-state index contributed by atoms with van der Waals surface area (Å²) in [5.74, 6) is 0.332. The van der Waals surface area contributed by atoms with Gasteiger partial charge in [0.1, 0.15) is 0 Å². The predicted octanol–water partition coefficient (Wildman–Crippen LogP) is 5.26. The van der Waals surface area contributed by atoms with E-state index < -0.39 is 0 Å². The van der Waals surface area contributed by atoms with E-state index in [1.165, 1.54) is 19.3 Å². The maximum absolute atomic E-state index is 12.9. The van der Waals surface area contributed by atoms with Gasteiger partial charge < -0.3 is 4.74 Å². The first-order chi connectivity index (χ1) is 10.1. The molecule has 0 radical (unpaired) electrons. The van der Waals surface area contributed by atoms with Crippen LogP contribution >= 0.6 is 34.2 Å². The summed E-state index contributed by atoms with van der Waals surface area (Å²) in [4.78, 5) is 12.9. The van der Waals surface area contributed by atoms with Gasteiger partial charge in [0, 0.05) is 26.7 Å². The van der Waals surface area contributed by atoms with Gasteiger partial charge in [0.15, 0.2) is 5.78 Å². The molecule has 1 aliphatic heterocycles. The van der Waals surface area contributed by atoms with Crippen molar-refractivity contribution in [3.8, 4) is 0 Å². The number of ether oxygens (including phenoxy) is 1. The van der Waals surface area contributed by atoms with Crippen molar-refractivity contribution in [3.05, 3.63) is 32.4 Å². The number of carbonyl (C=O) groups excluding carboxylic acids is 1. The summed E-state index contributed by atoms with van der Waals surface area (Å²) >= 11 is 8.29. The minimum atomic E-state index is -0.0269.